The van der Waals surface area contributed by atoms with Gasteiger partial charge >= 0.3 is 0 Å². The second kappa shape index (κ2) is 11.0. The largest absolute Gasteiger partial charge is 0.495 e. The van der Waals surface area contributed by atoms with Crippen LogP contribution in [0.5, 0.6) is 5.75 Å². The predicted octanol–water partition coefficient (Wildman–Crippen LogP) is 4.57. The van der Waals surface area contributed by atoms with Crippen molar-refractivity contribution >= 4 is 44.5 Å². The number of likely N-dealkylation sites (N-methyl/N-ethyl adjacent to an activating group) is 1. The van der Waals surface area contributed by atoms with Gasteiger partial charge in [-0.1, -0.05) is 6.07 Å². The van der Waals surface area contributed by atoms with Gasteiger partial charge in [-0.15, -0.1) is 0 Å². The zero-order valence-corrected chi connectivity index (χ0v) is 23.7. The molecule has 2 heterocycles. The highest BCUT2D eigenvalue weighted by Crippen LogP contribution is 2.33. The lowest BCUT2D eigenvalue weighted by atomic mass is 10.2. The van der Waals surface area contributed by atoms with Crippen molar-refractivity contribution in [1.82, 2.24) is 14.9 Å². The Morgan fingerprint density at radius 1 is 0.947 bits per heavy atom. The lowest BCUT2D eigenvalue weighted by Crippen LogP contribution is -2.44. The first kappa shape index (κ1) is 27.5. The average Bonchev–Trinajstić information content (AvgIpc) is 2.86. The molecule has 0 unspecified atom stereocenters. The first-order chi connectivity index (χ1) is 17.9. The van der Waals surface area contributed by atoms with Crippen LogP contribution < -0.4 is 25.0 Å². The zero-order chi connectivity index (χ0) is 27.5. The second-order valence-electron chi connectivity index (χ2n) is 10.5. The minimum absolute atomic E-state index is 0.428. The van der Waals surface area contributed by atoms with E-state index in [9.17, 15) is 8.42 Å². The van der Waals surface area contributed by atoms with E-state index in [1.165, 1.54) is 0 Å². The number of rotatable bonds is 8. The summed E-state index contributed by atoms with van der Waals surface area (Å²) in [4.78, 5) is 13.7. The van der Waals surface area contributed by atoms with E-state index in [1.807, 2.05) is 25.1 Å². The Kier molecular flexibility index (Phi) is 7.98. The highest BCUT2D eigenvalue weighted by atomic mass is 32.2. The van der Waals surface area contributed by atoms with Crippen molar-refractivity contribution in [2.45, 2.75) is 32.4 Å². The molecule has 2 aromatic carbocycles. The van der Waals surface area contributed by atoms with Crippen LogP contribution in [-0.2, 0) is 10.0 Å². The number of methoxy groups -OCH3 is 1. The van der Waals surface area contributed by atoms with E-state index < -0.39 is 14.8 Å². The normalized spacial score (nSPS) is 14.7. The Morgan fingerprint density at radius 2 is 1.63 bits per heavy atom. The first-order valence-electron chi connectivity index (χ1n) is 12.6. The van der Waals surface area contributed by atoms with E-state index in [4.69, 9.17) is 4.74 Å². The van der Waals surface area contributed by atoms with E-state index in [0.29, 0.717) is 23.1 Å². The van der Waals surface area contributed by atoms with Crippen molar-refractivity contribution in [3.8, 4) is 5.75 Å². The highest BCUT2D eigenvalue weighted by molar-refractivity contribution is 7.94. The van der Waals surface area contributed by atoms with Crippen LogP contribution in [0.1, 0.15) is 26.3 Å². The summed E-state index contributed by atoms with van der Waals surface area (Å²) < 4.78 is 32.5. The molecule has 3 aromatic rings. The van der Waals surface area contributed by atoms with Gasteiger partial charge in [0, 0.05) is 55.4 Å². The van der Waals surface area contributed by atoms with Crippen molar-refractivity contribution < 1.29 is 13.2 Å². The summed E-state index contributed by atoms with van der Waals surface area (Å²) in [5, 5.41) is 6.55. The molecule has 3 N–H and O–H groups in total. The number of hydrogen-bond donors (Lipinski definition) is 3. The van der Waals surface area contributed by atoms with Crippen LogP contribution in [0.2, 0.25) is 0 Å². The van der Waals surface area contributed by atoms with Gasteiger partial charge in [-0.2, -0.15) is 4.98 Å². The van der Waals surface area contributed by atoms with Gasteiger partial charge in [0.15, 0.2) is 0 Å². The van der Waals surface area contributed by atoms with Gasteiger partial charge in [0.1, 0.15) is 11.6 Å². The minimum Gasteiger partial charge on any atom is -0.495 e. The molecule has 0 radical (unpaired) electrons. The van der Waals surface area contributed by atoms with E-state index in [2.05, 4.69) is 48.2 Å². The maximum atomic E-state index is 12.6. The molecule has 0 amide bonds. The van der Waals surface area contributed by atoms with Crippen LogP contribution in [0.25, 0.3) is 0 Å². The van der Waals surface area contributed by atoms with Gasteiger partial charge in [-0.05, 0) is 65.1 Å². The van der Waals surface area contributed by atoms with E-state index in [-0.39, 0.29) is 0 Å². The molecule has 0 saturated carbocycles. The van der Waals surface area contributed by atoms with Crippen LogP contribution >= 0.6 is 0 Å². The minimum atomic E-state index is -3.54. The average molecular weight is 540 g/mol. The van der Waals surface area contributed by atoms with Crippen LogP contribution in [0.4, 0.5) is 34.5 Å². The molecule has 1 aliphatic heterocycles. The molecule has 0 atom stereocenters. The predicted molar refractivity (Wildman–Crippen MR) is 155 cm³/mol. The van der Waals surface area contributed by atoms with Gasteiger partial charge in [-0.25, -0.2) is 13.4 Å². The summed E-state index contributed by atoms with van der Waals surface area (Å²) in [5.41, 5.74) is 3.90. The third kappa shape index (κ3) is 6.46. The van der Waals surface area contributed by atoms with Crippen molar-refractivity contribution in [3.63, 3.8) is 0 Å². The van der Waals surface area contributed by atoms with Gasteiger partial charge in [0.25, 0.3) is 0 Å². The highest BCUT2D eigenvalue weighted by Gasteiger charge is 2.29. The van der Waals surface area contributed by atoms with E-state index in [1.54, 1.807) is 52.3 Å². The lowest BCUT2D eigenvalue weighted by molar-refractivity contribution is 0.311. The van der Waals surface area contributed by atoms with Crippen LogP contribution in [-0.4, -0.2) is 68.4 Å². The number of aryl methyl sites for hydroxylation is 1. The fourth-order valence-electron chi connectivity index (χ4n) is 3.93. The number of ether oxygens (including phenoxy) is 1. The molecule has 11 heteroatoms. The van der Waals surface area contributed by atoms with Crippen molar-refractivity contribution in [2.24, 2.45) is 0 Å². The Balaban J connectivity index is 1.50. The number of anilines is 6. The standard InChI is InChI=1S/C27H37N7O3S/c1-19-18-28-26(30-21-10-11-23(24(17-21)37-6)34-14-12-33(5)13-15-34)31-25(19)29-20-8-7-9-22(16-20)32-38(35,36)27(2,3)4/h7-11,16-18,32H,12-15H2,1-6H3,(H2,28,29,30,31). The topological polar surface area (TPSA) is 112 Å². The number of benzene rings is 2. The number of nitrogens with one attached hydrogen (secondary N) is 3. The molecule has 1 aliphatic rings. The summed E-state index contributed by atoms with van der Waals surface area (Å²) in [7, 11) is 0.278. The number of piperazine rings is 1. The van der Waals surface area contributed by atoms with Crippen LogP contribution in [0.15, 0.2) is 48.7 Å². The SMILES string of the molecule is COc1cc(Nc2ncc(C)c(Nc3cccc(NS(=O)(=O)C(C)(C)C)c3)n2)ccc1N1CCN(C)CC1. The third-order valence-corrected chi connectivity index (χ3v) is 8.55. The molecule has 0 aliphatic carbocycles. The Labute approximate surface area is 225 Å². The quantitative estimate of drug-likeness (QED) is 0.379. The monoisotopic (exact) mass is 539 g/mol. The molecule has 204 valence electrons. The van der Waals surface area contributed by atoms with E-state index in [0.717, 1.165) is 48.9 Å². The smallest absolute Gasteiger partial charge is 0.237 e. The fraction of sp³-hybridized carbons (Fsp3) is 0.407. The van der Waals surface area contributed by atoms with Crippen molar-refractivity contribution in [3.05, 3.63) is 54.2 Å². The molecule has 1 fully saturated rings. The number of aromatic nitrogens is 2. The molecule has 1 aromatic heterocycles. The maximum Gasteiger partial charge on any atom is 0.237 e. The molecular weight excluding hydrogens is 502 g/mol. The van der Waals surface area contributed by atoms with Crippen molar-refractivity contribution in [2.75, 3.05) is 60.6 Å². The summed E-state index contributed by atoms with van der Waals surface area (Å²) in [6.07, 6.45) is 1.74. The van der Waals surface area contributed by atoms with E-state index >= 15 is 0 Å². The number of hydrogen-bond acceptors (Lipinski definition) is 9. The van der Waals surface area contributed by atoms with Gasteiger partial charge in [0.05, 0.1) is 23.2 Å². The molecule has 10 nitrogen and oxygen atoms in total. The third-order valence-electron chi connectivity index (χ3n) is 6.44. The number of nitrogens with zero attached hydrogens (tertiary/aromatic N) is 4. The van der Waals surface area contributed by atoms with Gasteiger partial charge in [-0.3, -0.25) is 4.72 Å². The maximum absolute atomic E-state index is 12.6. The molecule has 0 spiro atoms. The fourth-order valence-corrected chi connectivity index (χ4v) is 4.67. The number of sulfonamides is 1. The summed E-state index contributed by atoms with van der Waals surface area (Å²) in [5.74, 6) is 1.83. The second-order valence-corrected chi connectivity index (χ2v) is 12.9. The molecule has 4 rings (SSSR count). The lowest BCUT2D eigenvalue weighted by Gasteiger charge is -2.34. The summed E-state index contributed by atoms with van der Waals surface area (Å²) in [6.45, 7) is 10.8. The molecule has 38 heavy (non-hydrogen) atoms. The molecule has 1 saturated heterocycles. The Hall–Kier alpha value is -3.57. The van der Waals surface area contributed by atoms with Crippen LogP contribution in [0.3, 0.4) is 0 Å². The van der Waals surface area contributed by atoms with Crippen molar-refractivity contribution in [1.29, 1.82) is 0 Å². The molecule has 0 bridgehead atoms. The van der Waals surface area contributed by atoms with Gasteiger partial charge < -0.3 is 25.2 Å². The Morgan fingerprint density at radius 3 is 2.32 bits per heavy atom. The summed E-state index contributed by atoms with van der Waals surface area (Å²) >= 11 is 0. The summed E-state index contributed by atoms with van der Waals surface area (Å²) in [6, 6.07) is 13.1. The first-order valence-corrected chi connectivity index (χ1v) is 14.0. The zero-order valence-electron chi connectivity index (χ0n) is 22.9. The Bertz CT molecular complexity index is 1380. The van der Waals surface area contributed by atoms with Crippen LogP contribution in [0, 0.1) is 6.92 Å². The van der Waals surface area contributed by atoms with Gasteiger partial charge in [0.2, 0.25) is 16.0 Å². The molecular formula is C27H37N7O3S.